The van der Waals surface area contributed by atoms with Crippen molar-refractivity contribution in [2.45, 2.75) is 93.9 Å². The summed E-state index contributed by atoms with van der Waals surface area (Å²) in [6, 6.07) is 29.3. The van der Waals surface area contributed by atoms with Crippen molar-refractivity contribution in [2.24, 2.45) is 0 Å². The van der Waals surface area contributed by atoms with Crippen LogP contribution < -0.4 is 39.6 Å². The molecule has 0 saturated carbocycles. The van der Waals surface area contributed by atoms with Crippen LogP contribution in [0.5, 0.6) is 0 Å². The fourth-order valence-electron chi connectivity index (χ4n) is 6.70. The number of benzene rings is 3. The van der Waals surface area contributed by atoms with Crippen LogP contribution in [0.1, 0.15) is 71.6 Å². The van der Waals surface area contributed by atoms with E-state index >= 15 is 0 Å². The number of rotatable bonds is 14. The van der Waals surface area contributed by atoms with Gasteiger partial charge in [0.15, 0.2) is 6.29 Å². The maximum Gasteiger partial charge on any atom is 1.00 e. The molecule has 0 fully saturated rings. The van der Waals surface area contributed by atoms with Crippen LogP contribution in [-0.4, -0.2) is 50.5 Å². The zero-order valence-electron chi connectivity index (χ0n) is 31.8. The van der Waals surface area contributed by atoms with Crippen molar-refractivity contribution in [3.05, 3.63) is 141 Å². The molecular weight excluding hydrogens is 767 g/mol. The minimum absolute atomic E-state index is 0. The number of fused-ring (bicyclic) bond motifs is 2. The summed E-state index contributed by atoms with van der Waals surface area (Å²) in [4.78, 5) is 0.0860. The SMILES string of the molecule is Cc1ccc(CNCCCCc2cc(S(=O)(=O)[O-])c3ccc(C(C)C)ccc2-3)cc1.O=S(=O)(NC1Cc2ccc(CC(O)O)cc2C1)c1ccc(Cl)cc1.[Na+]. The first-order valence-corrected chi connectivity index (χ1v) is 21.4. The van der Waals surface area contributed by atoms with Gasteiger partial charge in [0.25, 0.3) is 0 Å². The van der Waals surface area contributed by atoms with Gasteiger partial charge in [-0.1, -0.05) is 97.7 Å². The van der Waals surface area contributed by atoms with E-state index in [0.29, 0.717) is 29.3 Å². The topological polar surface area (TPSA) is 156 Å². The standard InChI is InChI=1S/C25H31NO3S.C17H18ClNO4S.Na/c1-18(2)21-11-13-23-22(16-25(30(27,28)29)24(23)14-12-21)6-4-5-15-26-17-20-9-7-19(3)8-10-20;18-14-3-5-16(6-4-14)24(22,23)19-15-9-12-2-1-11(8-17(20)21)7-13(12)10-15;/h7-14,16,18,26H,4-6,15,17H2,1-3H3,(H,27,28,29);1-7,15,17,19-21H,8-10H2;/q;;+1/p-1. The third-order valence-electron chi connectivity index (χ3n) is 9.59. The van der Waals surface area contributed by atoms with Gasteiger partial charge in [-0.3, -0.25) is 0 Å². The third kappa shape index (κ3) is 12.9. The molecule has 3 aromatic rings. The van der Waals surface area contributed by atoms with E-state index in [1.807, 2.05) is 36.4 Å². The molecule has 0 amide bonds. The molecule has 0 aromatic heterocycles. The first kappa shape index (κ1) is 45.1. The number of aryl methyl sites for hydroxylation is 2. The fourth-order valence-corrected chi connectivity index (χ4v) is 8.80. The monoisotopic (exact) mass is 814 g/mol. The number of aliphatic hydroxyl groups is 2. The maximum absolute atomic E-state index is 12.4. The predicted octanol–water partition coefficient (Wildman–Crippen LogP) is 3.88. The quantitative estimate of drug-likeness (QED) is 0.0570. The number of nitrogens with one attached hydrogen (secondary N) is 2. The Morgan fingerprint density at radius 1 is 0.800 bits per heavy atom. The molecule has 1 unspecified atom stereocenters. The Kier molecular flexibility index (Phi) is 16.5. The summed E-state index contributed by atoms with van der Waals surface area (Å²) >= 11 is 5.79. The Morgan fingerprint density at radius 2 is 1.44 bits per heavy atom. The van der Waals surface area contributed by atoms with Crippen LogP contribution >= 0.6 is 11.6 Å². The van der Waals surface area contributed by atoms with Gasteiger partial charge in [-0.2, -0.15) is 0 Å². The summed E-state index contributed by atoms with van der Waals surface area (Å²) in [5.41, 5.74) is 8.91. The zero-order chi connectivity index (χ0) is 39.0. The Morgan fingerprint density at radius 3 is 2.07 bits per heavy atom. The summed E-state index contributed by atoms with van der Waals surface area (Å²) in [7, 11) is -8.10. The van der Waals surface area contributed by atoms with Gasteiger partial charge in [0.05, 0.1) is 9.79 Å². The van der Waals surface area contributed by atoms with Gasteiger partial charge in [-0.25, -0.2) is 21.6 Å². The molecular formula is C42H48ClN2NaO7S2. The van der Waals surface area contributed by atoms with Gasteiger partial charge in [0.2, 0.25) is 10.0 Å². The molecule has 0 aliphatic heterocycles. The second-order valence-electron chi connectivity index (χ2n) is 14.2. The van der Waals surface area contributed by atoms with Gasteiger partial charge in [-0.15, -0.1) is 0 Å². The molecule has 3 aliphatic carbocycles. The van der Waals surface area contributed by atoms with E-state index in [4.69, 9.17) is 21.8 Å². The molecule has 55 heavy (non-hydrogen) atoms. The Balaban J connectivity index is 0.000000246. The van der Waals surface area contributed by atoms with Crippen LogP contribution in [0, 0.1) is 6.92 Å². The number of halogens is 1. The second-order valence-corrected chi connectivity index (χ2v) is 17.7. The van der Waals surface area contributed by atoms with Crippen LogP contribution in [0.25, 0.3) is 11.1 Å². The van der Waals surface area contributed by atoms with E-state index in [1.165, 1.54) is 23.3 Å². The molecule has 0 radical (unpaired) electrons. The molecule has 6 rings (SSSR count). The molecule has 9 nitrogen and oxygen atoms in total. The number of hydrogen-bond donors (Lipinski definition) is 4. The van der Waals surface area contributed by atoms with Crippen molar-refractivity contribution < 1.29 is 61.2 Å². The molecule has 13 heteroatoms. The van der Waals surface area contributed by atoms with Crippen molar-refractivity contribution in [2.75, 3.05) is 6.54 Å². The second kappa shape index (κ2) is 20.2. The molecule has 3 aliphatic rings. The minimum atomic E-state index is -4.51. The number of hydrogen-bond acceptors (Lipinski definition) is 8. The van der Waals surface area contributed by atoms with Crippen molar-refractivity contribution >= 4 is 31.7 Å². The minimum Gasteiger partial charge on any atom is -0.744 e. The van der Waals surface area contributed by atoms with Gasteiger partial charge in [0, 0.05) is 24.0 Å². The van der Waals surface area contributed by atoms with E-state index in [2.05, 4.69) is 55.1 Å². The van der Waals surface area contributed by atoms with E-state index in [0.717, 1.165) is 65.7 Å². The molecule has 0 heterocycles. The number of aliphatic hydroxyl groups excluding tert-OH is 1. The van der Waals surface area contributed by atoms with Crippen molar-refractivity contribution in [3.8, 4) is 11.1 Å². The first-order valence-electron chi connectivity index (χ1n) is 18.1. The summed E-state index contributed by atoms with van der Waals surface area (Å²) in [5, 5.41) is 22.1. The van der Waals surface area contributed by atoms with E-state index in [-0.39, 0.29) is 51.8 Å². The van der Waals surface area contributed by atoms with Gasteiger partial charge >= 0.3 is 29.6 Å². The van der Waals surface area contributed by atoms with Gasteiger partial charge in [0.1, 0.15) is 10.1 Å². The van der Waals surface area contributed by atoms with Gasteiger partial charge in [-0.05, 0) is 126 Å². The average molecular weight is 815 g/mol. The normalized spacial score (nSPS) is 14.1. The summed E-state index contributed by atoms with van der Waals surface area (Å²) < 4.78 is 63.0. The third-order valence-corrected chi connectivity index (χ3v) is 12.3. The molecule has 4 N–H and O–H groups in total. The van der Waals surface area contributed by atoms with E-state index in [1.54, 1.807) is 24.3 Å². The van der Waals surface area contributed by atoms with Crippen LogP contribution in [0.2, 0.25) is 5.02 Å². The summed E-state index contributed by atoms with van der Waals surface area (Å²) in [6.07, 6.45) is 2.63. The van der Waals surface area contributed by atoms with Crippen LogP contribution in [0.3, 0.4) is 0 Å². The fraction of sp³-hybridized carbons (Fsp3) is 0.333. The zero-order valence-corrected chi connectivity index (χ0v) is 36.1. The number of unbranched alkanes of at least 4 members (excludes halogenated alkanes) is 1. The van der Waals surface area contributed by atoms with Crippen LogP contribution in [0.4, 0.5) is 0 Å². The van der Waals surface area contributed by atoms with E-state index in [9.17, 15) is 21.4 Å². The molecule has 3 aromatic carbocycles. The predicted molar refractivity (Wildman–Crippen MR) is 212 cm³/mol. The molecule has 0 saturated heterocycles. The maximum atomic E-state index is 12.4. The molecule has 0 spiro atoms. The average Bonchev–Trinajstić information content (AvgIpc) is 3.58. The molecule has 1 atom stereocenters. The van der Waals surface area contributed by atoms with Crippen LogP contribution in [0.15, 0.2) is 107 Å². The Labute approximate surface area is 353 Å². The Bertz CT molecular complexity index is 2210. The Hall–Kier alpha value is -2.65. The largest absolute Gasteiger partial charge is 1.00 e. The van der Waals surface area contributed by atoms with Crippen LogP contribution in [-0.2, 0) is 52.4 Å². The summed E-state index contributed by atoms with van der Waals surface area (Å²) in [6.45, 7) is 8.00. The van der Waals surface area contributed by atoms with E-state index < -0.39 is 26.4 Å². The van der Waals surface area contributed by atoms with Gasteiger partial charge < -0.3 is 20.1 Å². The van der Waals surface area contributed by atoms with Crippen molar-refractivity contribution in [3.63, 3.8) is 0 Å². The smallest absolute Gasteiger partial charge is 0.744 e. The summed E-state index contributed by atoms with van der Waals surface area (Å²) in [5.74, 6) is 0.330. The first-order chi connectivity index (χ1) is 25.6. The molecule has 0 bridgehead atoms. The van der Waals surface area contributed by atoms with Crippen molar-refractivity contribution in [1.29, 1.82) is 0 Å². The number of sulfonamides is 1. The van der Waals surface area contributed by atoms with Crippen molar-refractivity contribution in [1.82, 2.24) is 10.0 Å². The molecule has 288 valence electrons.